The Morgan fingerprint density at radius 3 is 3.00 bits per heavy atom. The largest absolute Gasteiger partial charge is 0.493 e. The van der Waals surface area contributed by atoms with Crippen molar-refractivity contribution in [3.63, 3.8) is 0 Å². The summed E-state index contributed by atoms with van der Waals surface area (Å²) in [7, 11) is 0. The molecule has 0 bridgehead atoms. The van der Waals surface area contributed by atoms with Crippen molar-refractivity contribution in [2.24, 2.45) is 0 Å². The zero-order valence-corrected chi connectivity index (χ0v) is 10.8. The van der Waals surface area contributed by atoms with Crippen molar-refractivity contribution in [1.29, 1.82) is 5.26 Å². The van der Waals surface area contributed by atoms with Gasteiger partial charge < -0.3 is 10.1 Å². The van der Waals surface area contributed by atoms with Crippen molar-refractivity contribution in [3.8, 4) is 11.8 Å². The lowest BCUT2D eigenvalue weighted by atomic mass is 10.1. The van der Waals surface area contributed by atoms with Gasteiger partial charge in [-0.15, -0.1) is 0 Å². The average Bonchev–Trinajstić information content (AvgIpc) is 2.94. The molecule has 0 radical (unpaired) electrons. The minimum Gasteiger partial charge on any atom is -0.493 e. The van der Waals surface area contributed by atoms with Crippen molar-refractivity contribution in [2.75, 3.05) is 11.9 Å². The van der Waals surface area contributed by atoms with E-state index in [0.29, 0.717) is 6.54 Å². The number of nitrogens with zero attached hydrogens (tertiary/aromatic N) is 1. The van der Waals surface area contributed by atoms with E-state index in [0.717, 1.165) is 30.0 Å². The Hall–Kier alpha value is -2.54. The predicted molar refractivity (Wildman–Crippen MR) is 74.1 cm³/mol. The van der Waals surface area contributed by atoms with Gasteiger partial charge in [-0.2, -0.15) is 5.26 Å². The summed E-state index contributed by atoms with van der Waals surface area (Å²) in [4.78, 5) is 0. The molecule has 0 atom stereocenters. The highest BCUT2D eigenvalue weighted by Gasteiger charge is 2.11. The van der Waals surface area contributed by atoms with Gasteiger partial charge in [0.05, 0.1) is 12.2 Å². The maximum Gasteiger partial charge on any atom is 0.141 e. The fraction of sp³-hybridized carbons (Fsp3) is 0.188. The van der Waals surface area contributed by atoms with Crippen LogP contribution in [0.3, 0.4) is 0 Å². The Bertz CT molecular complexity index is 691. The molecule has 1 aliphatic heterocycles. The number of benzene rings is 2. The summed E-state index contributed by atoms with van der Waals surface area (Å²) < 4.78 is 18.7. The Morgan fingerprint density at radius 1 is 1.25 bits per heavy atom. The normalized spacial score (nSPS) is 12.4. The van der Waals surface area contributed by atoms with Crippen LogP contribution >= 0.6 is 0 Å². The summed E-state index contributed by atoms with van der Waals surface area (Å²) in [5, 5.41) is 12.0. The molecule has 1 N–H and O–H groups in total. The molecule has 0 aliphatic carbocycles. The molecule has 0 amide bonds. The van der Waals surface area contributed by atoms with Crippen LogP contribution in [0.1, 0.15) is 16.7 Å². The van der Waals surface area contributed by atoms with Gasteiger partial charge in [0.2, 0.25) is 0 Å². The van der Waals surface area contributed by atoms with Crippen LogP contribution in [0.15, 0.2) is 36.4 Å². The Labute approximate surface area is 116 Å². The highest BCUT2D eigenvalue weighted by Crippen LogP contribution is 2.26. The maximum absolute atomic E-state index is 13.2. The van der Waals surface area contributed by atoms with Crippen molar-refractivity contribution >= 4 is 5.69 Å². The molecule has 0 saturated heterocycles. The van der Waals surface area contributed by atoms with E-state index in [4.69, 9.17) is 10.00 Å². The summed E-state index contributed by atoms with van der Waals surface area (Å²) in [5.74, 6) is 0.468. The summed E-state index contributed by atoms with van der Waals surface area (Å²) in [5.41, 5.74) is 3.15. The molecule has 1 heterocycles. The van der Waals surface area contributed by atoms with Gasteiger partial charge in [-0.1, -0.05) is 12.1 Å². The molecule has 3 rings (SSSR count). The SMILES string of the molecule is N#Cc1cc(NCc2ccc3c(c2)CCO3)ccc1F. The van der Waals surface area contributed by atoms with Crippen LogP contribution in [0.5, 0.6) is 5.75 Å². The molecule has 0 saturated carbocycles. The van der Waals surface area contributed by atoms with Crippen LogP contribution in [-0.2, 0) is 13.0 Å². The van der Waals surface area contributed by atoms with Crippen LogP contribution < -0.4 is 10.1 Å². The fourth-order valence-electron chi connectivity index (χ4n) is 2.27. The number of nitrogens with one attached hydrogen (secondary N) is 1. The number of rotatable bonds is 3. The topological polar surface area (TPSA) is 45.0 Å². The molecule has 20 heavy (non-hydrogen) atoms. The number of hydrogen-bond acceptors (Lipinski definition) is 3. The van der Waals surface area contributed by atoms with Crippen molar-refractivity contribution < 1.29 is 9.13 Å². The van der Waals surface area contributed by atoms with Gasteiger partial charge in [0.1, 0.15) is 17.6 Å². The average molecular weight is 268 g/mol. The smallest absolute Gasteiger partial charge is 0.141 e. The van der Waals surface area contributed by atoms with E-state index >= 15 is 0 Å². The first-order valence-corrected chi connectivity index (χ1v) is 6.44. The Balaban J connectivity index is 1.72. The van der Waals surface area contributed by atoms with Gasteiger partial charge in [-0.25, -0.2) is 4.39 Å². The van der Waals surface area contributed by atoms with Crippen molar-refractivity contribution in [1.82, 2.24) is 0 Å². The molecule has 3 nitrogen and oxygen atoms in total. The Kier molecular flexibility index (Phi) is 3.26. The van der Waals surface area contributed by atoms with E-state index < -0.39 is 5.82 Å². The quantitative estimate of drug-likeness (QED) is 0.929. The van der Waals surface area contributed by atoms with Gasteiger partial charge in [-0.3, -0.25) is 0 Å². The second-order valence-corrected chi connectivity index (χ2v) is 4.70. The minimum atomic E-state index is -0.493. The monoisotopic (exact) mass is 268 g/mol. The molecule has 0 fully saturated rings. The summed E-state index contributed by atoms with van der Waals surface area (Å²) in [6.45, 7) is 1.37. The third kappa shape index (κ3) is 2.43. The van der Waals surface area contributed by atoms with Crippen LogP contribution in [0.4, 0.5) is 10.1 Å². The maximum atomic E-state index is 13.2. The molecule has 4 heteroatoms. The number of hydrogen-bond donors (Lipinski definition) is 1. The van der Waals surface area contributed by atoms with Crippen molar-refractivity contribution in [3.05, 3.63) is 58.9 Å². The first-order valence-electron chi connectivity index (χ1n) is 6.44. The first kappa shape index (κ1) is 12.5. The standard InChI is InChI=1S/C16H13FN2O/c17-15-3-2-14(8-13(15)9-18)19-10-11-1-4-16-12(7-11)5-6-20-16/h1-4,7-8,19H,5-6,10H2. The summed E-state index contributed by atoms with van der Waals surface area (Å²) in [6.07, 6.45) is 0.943. The van der Waals surface area contributed by atoms with Gasteiger partial charge in [-0.05, 0) is 35.4 Å². The van der Waals surface area contributed by atoms with E-state index in [1.54, 1.807) is 6.07 Å². The lowest BCUT2D eigenvalue weighted by Gasteiger charge is -2.08. The van der Waals surface area contributed by atoms with E-state index in [-0.39, 0.29) is 5.56 Å². The molecule has 0 unspecified atom stereocenters. The van der Waals surface area contributed by atoms with Gasteiger partial charge in [0.15, 0.2) is 0 Å². The summed E-state index contributed by atoms with van der Waals surface area (Å²) in [6, 6.07) is 12.4. The van der Waals surface area contributed by atoms with Gasteiger partial charge in [0.25, 0.3) is 0 Å². The third-order valence-electron chi connectivity index (χ3n) is 3.34. The molecular formula is C16H13FN2O. The number of anilines is 1. The lowest BCUT2D eigenvalue weighted by molar-refractivity contribution is 0.357. The van der Waals surface area contributed by atoms with Crippen LogP contribution in [0, 0.1) is 17.1 Å². The molecule has 2 aromatic carbocycles. The molecule has 1 aliphatic rings. The third-order valence-corrected chi connectivity index (χ3v) is 3.34. The van der Waals surface area contributed by atoms with E-state index in [2.05, 4.69) is 11.4 Å². The second-order valence-electron chi connectivity index (χ2n) is 4.70. The zero-order chi connectivity index (χ0) is 13.9. The van der Waals surface area contributed by atoms with Crippen molar-refractivity contribution in [2.45, 2.75) is 13.0 Å². The van der Waals surface area contributed by atoms with Crippen LogP contribution in [0.25, 0.3) is 0 Å². The number of ether oxygens (including phenoxy) is 1. The fourth-order valence-corrected chi connectivity index (χ4v) is 2.27. The highest BCUT2D eigenvalue weighted by molar-refractivity contribution is 5.50. The lowest BCUT2D eigenvalue weighted by Crippen LogP contribution is -2.00. The molecule has 0 spiro atoms. The molecular weight excluding hydrogens is 255 g/mol. The molecule has 100 valence electrons. The zero-order valence-electron chi connectivity index (χ0n) is 10.8. The van der Waals surface area contributed by atoms with Gasteiger partial charge >= 0.3 is 0 Å². The van der Waals surface area contributed by atoms with Crippen LogP contribution in [-0.4, -0.2) is 6.61 Å². The summed E-state index contributed by atoms with van der Waals surface area (Å²) >= 11 is 0. The second kappa shape index (κ2) is 5.22. The van der Waals surface area contributed by atoms with E-state index in [1.165, 1.54) is 17.7 Å². The number of nitriles is 1. The first-order chi connectivity index (χ1) is 9.76. The van der Waals surface area contributed by atoms with Crippen LogP contribution in [0.2, 0.25) is 0 Å². The predicted octanol–water partition coefficient (Wildman–Crippen LogP) is 3.24. The van der Waals surface area contributed by atoms with E-state index in [1.807, 2.05) is 18.2 Å². The van der Waals surface area contributed by atoms with Gasteiger partial charge in [0, 0.05) is 18.7 Å². The number of fused-ring (bicyclic) bond motifs is 1. The molecule has 2 aromatic rings. The van der Waals surface area contributed by atoms with E-state index in [9.17, 15) is 4.39 Å². The molecule has 0 aromatic heterocycles. The Morgan fingerprint density at radius 2 is 2.15 bits per heavy atom. The number of halogens is 1. The highest BCUT2D eigenvalue weighted by atomic mass is 19.1. The minimum absolute atomic E-state index is 0.0531.